The van der Waals surface area contributed by atoms with Crippen LogP contribution < -0.4 is 9.64 Å². The summed E-state index contributed by atoms with van der Waals surface area (Å²) in [4.78, 5) is 28.7. The molecule has 2 heterocycles. The lowest BCUT2D eigenvalue weighted by Crippen LogP contribution is -2.30. The van der Waals surface area contributed by atoms with Gasteiger partial charge in [0.2, 0.25) is 5.13 Å². The molecule has 0 radical (unpaired) electrons. The van der Waals surface area contributed by atoms with E-state index < -0.39 is 23.5 Å². The van der Waals surface area contributed by atoms with Gasteiger partial charge in [-0.1, -0.05) is 134 Å². The monoisotopic (exact) mass is 647 g/mol. The number of aliphatic hydroxyl groups is 1. The Hall–Kier alpha value is -4.73. The Morgan fingerprint density at radius 3 is 2.61 bits per heavy atom. The summed E-state index contributed by atoms with van der Waals surface area (Å²) in [6, 6.07) is 30.3. The third kappa shape index (κ3) is 6.90. The number of aromatic nitrogens is 2. The number of rotatable bonds is 13. The molecular weight excluding hydrogens is 615 g/mol. The molecule has 1 aromatic heterocycles. The van der Waals surface area contributed by atoms with Crippen molar-refractivity contribution >= 4 is 56.8 Å². The molecule has 46 heavy (non-hydrogen) atoms. The minimum absolute atomic E-state index is 0.0135. The molecule has 232 valence electrons. The van der Waals surface area contributed by atoms with Crippen molar-refractivity contribution in [2.45, 2.75) is 42.3 Å². The number of unbranched alkanes of at least 4 members (excludes halogenated alkanes) is 2. The van der Waals surface area contributed by atoms with E-state index in [1.165, 1.54) is 50.4 Å². The molecule has 1 aliphatic heterocycles. The molecule has 0 spiro atoms. The van der Waals surface area contributed by atoms with Gasteiger partial charge in [0.05, 0.1) is 18.2 Å². The second kappa shape index (κ2) is 14.6. The quantitative estimate of drug-likeness (QED) is 0.0591. The average Bonchev–Trinajstić information content (AvgIpc) is 3.66. The molecule has 0 aliphatic carbocycles. The predicted octanol–water partition coefficient (Wildman–Crippen LogP) is 8.74. The number of anilines is 1. The van der Waals surface area contributed by atoms with E-state index in [0.29, 0.717) is 33.1 Å². The highest BCUT2D eigenvalue weighted by Gasteiger charge is 2.45. The van der Waals surface area contributed by atoms with E-state index in [0.717, 1.165) is 24.8 Å². The highest BCUT2D eigenvalue weighted by molar-refractivity contribution is 8.00. The maximum absolute atomic E-state index is 13.7. The molecule has 1 amide bonds. The first kappa shape index (κ1) is 31.3. The van der Waals surface area contributed by atoms with Gasteiger partial charge in [-0.25, -0.2) is 0 Å². The lowest BCUT2D eigenvalue weighted by Gasteiger charge is -2.24. The molecule has 0 bridgehead atoms. The summed E-state index contributed by atoms with van der Waals surface area (Å²) in [7, 11) is 0. The Morgan fingerprint density at radius 2 is 1.76 bits per heavy atom. The zero-order valence-corrected chi connectivity index (χ0v) is 27.0. The molecule has 0 saturated carbocycles. The summed E-state index contributed by atoms with van der Waals surface area (Å²) >= 11 is 2.78. The number of aliphatic hydroxyl groups excluding tert-OH is 1. The fourth-order valence-electron chi connectivity index (χ4n) is 5.43. The van der Waals surface area contributed by atoms with Crippen LogP contribution in [0.1, 0.15) is 48.9 Å². The van der Waals surface area contributed by atoms with E-state index in [-0.39, 0.29) is 5.57 Å². The van der Waals surface area contributed by atoms with Crippen LogP contribution in [-0.4, -0.2) is 33.6 Å². The zero-order chi connectivity index (χ0) is 31.9. The van der Waals surface area contributed by atoms with E-state index in [4.69, 9.17) is 4.74 Å². The molecule has 1 atom stereocenters. The van der Waals surface area contributed by atoms with E-state index >= 15 is 0 Å². The van der Waals surface area contributed by atoms with E-state index in [2.05, 4.69) is 41.4 Å². The number of hydrogen-bond acceptors (Lipinski definition) is 8. The standard InChI is InChI=1S/C37H33N3O4S2/c1-2-3-9-22-44-29-18-11-16-27(23-29)33-32(31(41)21-20-25-12-5-4-6-13-25)34(42)35(43)40(33)36-38-39-37(46-36)45-24-28-17-10-15-26-14-7-8-19-30(26)28/h4-8,10-21,23,33,42H,2-3,9,22,24H2,1H3. The first-order valence-electron chi connectivity index (χ1n) is 15.2. The number of nitrogens with zero attached hydrogens (tertiary/aromatic N) is 3. The molecule has 1 N–H and O–H groups in total. The first-order chi connectivity index (χ1) is 22.5. The van der Waals surface area contributed by atoms with Crippen LogP contribution in [-0.2, 0) is 15.3 Å². The van der Waals surface area contributed by atoms with Crippen LogP contribution in [0.4, 0.5) is 5.13 Å². The third-order valence-corrected chi connectivity index (χ3v) is 9.83. The van der Waals surface area contributed by atoms with Gasteiger partial charge < -0.3 is 9.84 Å². The number of carbonyl (C=O) groups excluding carboxylic acids is 2. The lowest BCUT2D eigenvalue weighted by molar-refractivity contribution is -0.117. The molecule has 1 aliphatic rings. The molecule has 0 fully saturated rings. The fraction of sp³-hybridized carbons (Fsp3) is 0.189. The Balaban J connectivity index is 1.30. The number of amides is 1. The summed E-state index contributed by atoms with van der Waals surface area (Å²) in [5.74, 6) is -0.462. The van der Waals surface area contributed by atoms with Gasteiger partial charge in [-0.3, -0.25) is 14.5 Å². The summed E-state index contributed by atoms with van der Waals surface area (Å²) in [5.41, 5.74) is 2.61. The van der Waals surface area contributed by atoms with Crippen molar-refractivity contribution in [3.8, 4) is 5.75 Å². The molecule has 1 unspecified atom stereocenters. The summed E-state index contributed by atoms with van der Waals surface area (Å²) in [6.45, 7) is 2.70. The number of thioether (sulfide) groups is 1. The van der Waals surface area contributed by atoms with Gasteiger partial charge in [0, 0.05) is 5.75 Å². The molecule has 4 aromatic carbocycles. The topological polar surface area (TPSA) is 92.6 Å². The van der Waals surface area contributed by atoms with Crippen molar-refractivity contribution in [3.63, 3.8) is 0 Å². The molecule has 7 nitrogen and oxygen atoms in total. The predicted molar refractivity (Wildman–Crippen MR) is 185 cm³/mol. The van der Waals surface area contributed by atoms with Gasteiger partial charge in [0.25, 0.3) is 5.91 Å². The second-order valence-electron chi connectivity index (χ2n) is 10.9. The first-order valence-corrected chi connectivity index (χ1v) is 17.0. The SMILES string of the molecule is CCCCCOc1cccc(C2C(C(=O)C=Cc3ccccc3)=C(O)C(=O)N2c2nnc(SCc3cccc4ccccc34)s2)c1. The maximum Gasteiger partial charge on any atom is 0.296 e. The van der Waals surface area contributed by atoms with E-state index in [1.807, 2.05) is 72.8 Å². The molecule has 0 saturated heterocycles. The van der Waals surface area contributed by atoms with Crippen LogP contribution in [0.2, 0.25) is 0 Å². The van der Waals surface area contributed by atoms with Gasteiger partial charge in [-0.2, -0.15) is 0 Å². The van der Waals surface area contributed by atoms with Gasteiger partial charge in [0.15, 0.2) is 15.9 Å². The van der Waals surface area contributed by atoms with Crippen molar-refractivity contribution in [1.82, 2.24) is 10.2 Å². The molecule has 9 heteroatoms. The van der Waals surface area contributed by atoms with Gasteiger partial charge in [-0.15, -0.1) is 10.2 Å². The summed E-state index contributed by atoms with van der Waals surface area (Å²) in [5, 5.41) is 22.6. The Morgan fingerprint density at radius 1 is 0.978 bits per heavy atom. The van der Waals surface area contributed by atoms with Crippen LogP contribution in [0.25, 0.3) is 16.8 Å². The molecular formula is C37H33N3O4S2. The molecule has 5 aromatic rings. The van der Waals surface area contributed by atoms with Gasteiger partial charge in [-0.05, 0) is 52.1 Å². The summed E-state index contributed by atoms with van der Waals surface area (Å²) in [6.07, 6.45) is 6.13. The van der Waals surface area contributed by atoms with Crippen LogP contribution >= 0.6 is 23.1 Å². The Bertz CT molecular complexity index is 1910. The number of ether oxygens (including phenoxy) is 1. The van der Waals surface area contributed by atoms with Crippen molar-refractivity contribution < 1.29 is 19.4 Å². The van der Waals surface area contributed by atoms with Gasteiger partial charge in [0.1, 0.15) is 5.75 Å². The maximum atomic E-state index is 13.7. The minimum Gasteiger partial charge on any atom is -0.503 e. The smallest absolute Gasteiger partial charge is 0.296 e. The lowest BCUT2D eigenvalue weighted by atomic mass is 9.95. The highest BCUT2D eigenvalue weighted by Crippen LogP contribution is 2.44. The van der Waals surface area contributed by atoms with E-state index in [1.54, 1.807) is 6.08 Å². The van der Waals surface area contributed by atoms with E-state index in [9.17, 15) is 14.7 Å². The Labute approximate surface area is 276 Å². The van der Waals surface area contributed by atoms with Crippen LogP contribution in [0.15, 0.2) is 119 Å². The number of carbonyl (C=O) groups is 2. The second-order valence-corrected chi connectivity index (χ2v) is 13.0. The van der Waals surface area contributed by atoms with Gasteiger partial charge >= 0.3 is 0 Å². The molecule has 6 rings (SSSR count). The number of allylic oxidation sites excluding steroid dienone is 1. The number of hydrogen-bond donors (Lipinski definition) is 1. The average molecular weight is 648 g/mol. The zero-order valence-electron chi connectivity index (χ0n) is 25.3. The third-order valence-electron chi connectivity index (χ3n) is 7.72. The van der Waals surface area contributed by atoms with Crippen molar-refractivity contribution in [1.29, 1.82) is 0 Å². The van der Waals surface area contributed by atoms with Crippen LogP contribution in [0.3, 0.4) is 0 Å². The number of fused-ring (bicyclic) bond motifs is 1. The number of benzene rings is 4. The van der Waals surface area contributed by atoms with Crippen molar-refractivity contribution in [3.05, 3.63) is 131 Å². The number of ketones is 1. The normalized spacial score (nSPS) is 14.9. The Kier molecular flexibility index (Phi) is 9.91. The fourth-order valence-corrected chi connectivity index (χ4v) is 7.30. The van der Waals surface area contributed by atoms with Crippen LogP contribution in [0.5, 0.6) is 5.75 Å². The largest absolute Gasteiger partial charge is 0.503 e. The highest BCUT2D eigenvalue weighted by atomic mass is 32.2. The minimum atomic E-state index is -0.913. The van der Waals surface area contributed by atoms with Crippen molar-refractivity contribution in [2.75, 3.05) is 11.5 Å². The van der Waals surface area contributed by atoms with Crippen LogP contribution in [0, 0.1) is 0 Å². The summed E-state index contributed by atoms with van der Waals surface area (Å²) < 4.78 is 6.67. The van der Waals surface area contributed by atoms with Crippen molar-refractivity contribution in [2.24, 2.45) is 0 Å².